The monoisotopic (exact) mass is 478 g/mol. The summed E-state index contributed by atoms with van der Waals surface area (Å²) >= 11 is 0. The van der Waals surface area contributed by atoms with E-state index in [0.717, 1.165) is 18.4 Å². The fourth-order valence-electron chi connectivity index (χ4n) is 5.51. The third-order valence-electron chi connectivity index (χ3n) is 7.44. The first-order valence-corrected chi connectivity index (χ1v) is 11.9. The Morgan fingerprint density at radius 1 is 1.09 bits per heavy atom. The zero-order chi connectivity index (χ0) is 24.7. The zero-order valence-corrected chi connectivity index (χ0v) is 19.7. The van der Waals surface area contributed by atoms with Crippen molar-refractivity contribution in [3.05, 3.63) is 94.8 Å². The van der Waals surface area contributed by atoms with E-state index in [4.69, 9.17) is 9.47 Å². The highest BCUT2D eigenvalue weighted by Gasteiger charge is 2.52. The number of alkyl halides is 1. The van der Waals surface area contributed by atoms with Crippen LogP contribution < -0.4 is 9.47 Å². The molecule has 0 radical (unpaired) electrons. The Kier molecular flexibility index (Phi) is 5.99. The Balaban J connectivity index is 1.65. The SMILES string of the molecule is COc1cccc(C2(Oc3cccc([C@H](C4CC4)[C@H](C)C(=O)O)c3F)c3ccccc3CC2F)c1. The van der Waals surface area contributed by atoms with Gasteiger partial charge in [-0.25, -0.2) is 8.78 Å². The van der Waals surface area contributed by atoms with Gasteiger partial charge in [0.15, 0.2) is 23.3 Å². The van der Waals surface area contributed by atoms with Gasteiger partial charge >= 0.3 is 5.97 Å². The van der Waals surface area contributed by atoms with Gasteiger partial charge < -0.3 is 14.6 Å². The molecule has 4 atom stereocenters. The number of hydrogen-bond donors (Lipinski definition) is 1. The predicted molar refractivity (Wildman–Crippen MR) is 128 cm³/mol. The van der Waals surface area contributed by atoms with Crippen LogP contribution in [-0.2, 0) is 16.8 Å². The molecule has 2 aliphatic carbocycles. The summed E-state index contributed by atoms with van der Waals surface area (Å²) < 4.78 is 43.9. The number of carbonyl (C=O) groups is 1. The van der Waals surface area contributed by atoms with Crippen molar-refractivity contribution < 1.29 is 28.2 Å². The number of ether oxygens (including phenoxy) is 2. The van der Waals surface area contributed by atoms with Gasteiger partial charge in [0.05, 0.1) is 13.0 Å². The van der Waals surface area contributed by atoms with Crippen molar-refractivity contribution in [3.8, 4) is 11.5 Å². The van der Waals surface area contributed by atoms with E-state index < -0.39 is 35.4 Å². The topological polar surface area (TPSA) is 55.8 Å². The van der Waals surface area contributed by atoms with E-state index in [1.165, 1.54) is 13.2 Å². The van der Waals surface area contributed by atoms with E-state index in [1.807, 2.05) is 24.3 Å². The van der Waals surface area contributed by atoms with Gasteiger partial charge in [-0.15, -0.1) is 0 Å². The minimum absolute atomic E-state index is 0.0899. The fraction of sp³-hybridized carbons (Fsp3) is 0.345. The van der Waals surface area contributed by atoms with Crippen molar-refractivity contribution >= 4 is 5.97 Å². The van der Waals surface area contributed by atoms with Crippen molar-refractivity contribution in [2.75, 3.05) is 7.11 Å². The molecule has 0 saturated heterocycles. The molecule has 35 heavy (non-hydrogen) atoms. The Hall–Kier alpha value is -3.41. The standard InChI is InChI=1S/C29H28F2O4/c1-17(28(32)33)26(18-13-14-18)22-10-6-12-24(27(22)31)35-29(20-8-5-9-21(16-20)34-2)23-11-4-3-7-19(23)15-25(29)30/h3-12,16-18,25-26H,13-15H2,1-2H3,(H,32,33)/t17-,25?,26-,29?/m0/s1. The maximum atomic E-state index is 16.1. The van der Waals surface area contributed by atoms with Crippen LogP contribution in [0.5, 0.6) is 11.5 Å². The molecule has 3 aromatic carbocycles. The highest BCUT2D eigenvalue weighted by molar-refractivity contribution is 5.71. The number of benzene rings is 3. The molecule has 0 bridgehead atoms. The minimum atomic E-state index is -1.57. The van der Waals surface area contributed by atoms with E-state index >= 15 is 8.78 Å². The van der Waals surface area contributed by atoms with E-state index in [2.05, 4.69) is 0 Å². The first-order valence-electron chi connectivity index (χ1n) is 11.9. The van der Waals surface area contributed by atoms with E-state index in [9.17, 15) is 9.90 Å². The highest BCUT2D eigenvalue weighted by atomic mass is 19.1. The molecule has 5 rings (SSSR count). The predicted octanol–water partition coefficient (Wildman–Crippen LogP) is 6.27. The molecule has 0 heterocycles. The van der Waals surface area contributed by atoms with Crippen LogP contribution in [0.1, 0.15) is 47.9 Å². The maximum absolute atomic E-state index is 16.1. The first kappa shape index (κ1) is 23.3. The third kappa shape index (κ3) is 3.95. The molecule has 2 aliphatic rings. The summed E-state index contributed by atoms with van der Waals surface area (Å²) in [7, 11) is 1.53. The van der Waals surface area contributed by atoms with Crippen LogP contribution in [0.4, 0.5) is 8.78 Å². The fourth-order valence-corrected chi connectivity index (χ4v) is 5.51. The lowest BCUT2D eigenvalue weighted by molar-refractivity contribution is -0.142. The van der Waals surface area contributed by atoms with Gasteiger partial charge in [-0.1, -0.05) is 55.5 Å². The van der Waals surface area contributed by atoms with Crippen LogP contribution in [0.15, 0.2) is 66.7 Å². The van der Waals surface area contributed by atoms with Crippen LogP contribution in [0, 0.1) is 17.7 Å². The lowest BCUT2D eigenvalue weighted by Gasteiger charge is -2.35. The van der Waals surface area contributed by atoms with Gasteiger partial charge in [0, 0.05) is 23.5 Å². The molecule has 182 valence electrons. The maximum Gasteiger partial charge on any atom is 0.306 e. The first-order chi connectivity index (χ1) is 16.9. The number of methoxy groups -OCH3 is 1. The summed E-state index contributed by atoms with van der Waals surface area (Å²) in [6, 6.07) is 19.1. The molecule has 0 amide bonds. The van der Waals surface area contributed by atoms with Crippen LogP contribution in [0.3, 0.4) is 0 Å². The van der Waals surface area contributed by atoms with Gasteiger partial charge in [-0.2, -0.15) is 0 Å². The number of halogens is 2. The molecule has 0 spiro atoms. The number of hydrogen-bond acceptors (Lipinski definition) is 3. The number of rotatable bonds is 8. The molecule has 6 heteroatoms. The normalized spacial score (nSPS) is 22.8. The summed E-state index contributed by atoms with van der Waals surface area (Å²) in [6.07, 6.45) is 0.392. The number of carboxylic acids is 1. The Bertz CT molecular complexity index is 1250. The van der Waals surface area contributed by atoms with E-state index in [1.54, 1.807) is 43.3 Å². The van der Waals surface area contributed by atoms with Crippen molar-refractivity contribution in [3.63, 3.8) is 0 Å². The minimum Gasteiger partial charge on any atom is -0.497 e. The van der Waals surface area contributed by atoms with Crippen molar-refractivity contribution in [2.24, 2.45) is 11.8 Å². The smallest absolute Gasteiger partial charge is 0.306 e. The summed E-state index contributed by atoms with van der Waals surface area (Å²) in [5, 5.41) is 9.65. The second-order valence-corrected chi connectivity index (χ2v) is 9.55. The van der Waals surface area contributed by atoms with Crippen LogP contribution in [0.25, 0.3) is 0 Å². The molecular weight excluding hydrogens is 450 g/mol. The molecule has 4 nitrogen and oxygen atoms in total. The number of fused-ring (bicyclic) bond motifs is 1. The number of aliphatic carboxylic acids is 1. The lowest BCUT2D eigenvalue weighted by Crippen LogP contribution is -2.41. The molecule has 1 N–H and O–H groups in total. The van der Waals surface area contributed by atoms with Gasteiger partial charge in [-0.05, 0) is 48.1 Å². The molecule has 2 unspecified atom stereocenters. The van der Waals surface area contributed by atoms with Crippen molar-refractivity contribution in [1.29, 1.82) is 0 Å². The molecule has 1 saturated carbocycles. The van der Waals surface area contributed by atoms with Gasteiger partial charge in [0.1, 0.15) is 5.75 Å². The highest BCUT2D eigenvalue weighted by Crippen LogP contribution is 2.51. The summed E-state index contributed by atoms with van der Waals surface area (Å²) in [6.45, 7) is 1.61. The van der Waals surface area contributed by atoms with Crippen LogP contribution in [-0.4, -0.2) is 24.4 Å². The lowest BCUT2D eigenvalue weighted by atomic mass is 9.82. The third-order valence-corrected chi connectivity index (χ3v) is 7.44. The van der Waals surface area contributed by atoms with Gasteiger partial charge in [0.2, 0.25) is 0 Å². The Morgan fingerprint density at radius 2 is 1.83 bits per heavy atom. The zero-order valence-electron chi connectivity index (χ0n) is 19.7. The van der Waals surface area contributed by atoms with Crippen molar-refractivity contribution in [1.82, 2.24) is 0 Å². The Morgan fingerprint density at radius 3 is 2.54 bits per heavy atom. The van der Waals surface area contributed by atoms with Crippen LogP contribution >= 0.6 is 0 Å². The molecule has 3 aromatic rings. The molecule has 0 aromatic heterocycles. The largest absolute Gasteiger partial charge is 0.497 e. The summed E-state index contributed by atoms with van der Waals surface area (Å²) in [4.78, 5) is 11.8. The Labute approximate surface area is 203 Å². The van der Waals surface area contributed by atoms with Gasteiger partial charge in [-0.3, -0.25) is 4.79 Å². The van der Waals surface area contributed by atoms with E-state index in [-0.39, 0.29) is 18.1 Å². The average molecular weight is 479 g/mol. The second kappa shape index (κ2) is 8.99. The summed E-state index contributed by atoms with van der Waals surface area (Å²) in [5.41, 5.74) is 0.704. The van der Waals surface area contributed by atoms with Crippen molar-refractivity contribution in [2.45, 2.75) is 43.9 Å². The quantitative estimate of drug-likeness (QED) is 0.415. The van der Waals surface area contributed by atoms with Crippen LogP contribution in [0.2, 0.25) is 0 Å². The molecule has 0 aliphatic heterocycles. The molecular formula is C29H28F2O4. The number of carboxylic acid groups (broad SMARTS) is 1. The second-order valence-electron chi connectivity index (χ2n) is 9.55. The average Bonchev–Trinajstić information content (AvgIpc) is 3.65. The summed E-state index contributed by atoms with van der Waals surface area (Å²) in [5.74, 6) is -2.25. The molecule has 1 fully saturated rings. The van der Waals surface area contributed by atoms with Gasteiger partial charge in [0.25, 0.3) is 0 Å². The van der Waals surface area contributed by atoms with E-state index in [0.29, 0.717) is 22.4 Å².